The van der Waals surface area contributed by atoms with E-state index in [1.54, 1.807) is 0 Å². The van der Waals surface area contributed by atoms with Gasteiger partial charge in [-0.2, -0.15) is 12.6 Å². The van der Waals surface area contributed by atoms with Gasteiger partial charge in [-0.05, 0) is 38.9 Å². The maximum absolute atomic E-state index is 4.50. The zero-order valence-corrected chi connectivity index (χ0v) is 9.87. The summed E-state index contributed by atoms with van der Waals surface area (Å²) in [6.07, 6.45) is 3.51. The van der Waals surface area contributed by atoms with Gasteiger partial charge in [0.1, 0.15) is 0 Å². The lowest BCUT2D eigenvalue weighted by Gasteiger charge is -2.18. The summed E-state index contributed by atoms with van der Waals surface area (Å²) in [4.78, 5) is 2.15. The molecule has 1 atom stereocenters. The Balaban J connectivity index is 2.22. The predicted octanol–water partition coefficient (Wildman–Crippen LogP) is 2.83. The van der Waals surface area contributed by atoms with Crippen molar-refractivity contribution in [1.82, 2.24) is 4.90 Å². The van der Waals surface area contributed by atoms with Crippen LogP contribution in [0.2, 0.25) is 0 Å². The van der Waals surface area contributed by atoms with E-state index in [0.717, 1.165) is 12.8 Å². The first-order chi connectivity index (χ1) is 6.70. The molecule has 0 radical (unpaired) electrons. The van der Waals surface area contributed by atoms with Crippen LogP contribution in [0.15, 0.2) is 30.3 Å². The van der Waals surface area contributed by atoms with Gasteiger partial charge in [0, 0.05) is 0 Å². The summed E-state index contributed by atoms with van der Waals surface area (Å²) in [5.74, 6) is 0. The molecule has 1 aromatic carbocycles. The van der Waals surface area contributed by atoms with Crippen LogP contribution in [0.25, 0.3) is 0 Å². The number of thiol groups is 1. The Kier molecular flexibility index (Phi) is 5.05. The molecular formula is C12H19NS. The van der Waals surface area contributed by atoms with E-state index >= 15 is 0 Å². The number of nitrogens with zero attached hydrogens (tertiary/aromatic N) is 1. The number of benzene rings is 1. The second-order valence-corrected chi connectivity index (χ2v) is 4.42. The Labute approximate surface area is 92.5 Å². The molecular weight excluding hydrogens is 190 g/mol. The molecule has 0 amide bonds. The molecule has 0 saturated heterocycles. The zero-order valence-electron chi connectivity index (χ0n) is 8.98. The molecule has 0 aliphatic carbocycles. The van der Waals surface area contributed by atoms with E-state index in [-0.39, 0.29) is 0 Å². The average Bonchev–Trinajstić information content (AvgIpc) is 2.19. The summed E-state index contributed by atoms with van der Waals surface area (Å²) in [6, 6.07) is 10.6. The number of hydrogen-bond acceptors (Lipinski definition) is 2. The van der Waals surface area contributed by atoms with Gasteiger partial charge >= 0.3 is 0 Å². The lowest BCUT2D eigenvalue weighted by Crippen LogP contribution is -2.22. The standard InChI is InChI=1S/C12H19NS/c1-13(2)12(14)10-6-9-11-7-4-3-5-8-11/h3-5,7-8,12,14H,6,9-10H2,1-2H3. The number of aryl methyl sites for hydroxylation is 1. The highest BCUT2D eigenvalue weighted by Gasteiger charge is 2.04. The first-order valence-corrected chi connectivity index (χ1v) is 5.60. The van der Waals surface area contributed by atoms with E-state index < -0.39 is 0 Å². The first kappa shape index (κ1) is 11.6. The maximum atomic E-state index is 4.50. The molecule has 0 bridgehead atoms. The minimum atomic E-state index is 0.388. The van der Waals surface area contributed by atoms with Crippen molar-refractivity contribution < 1.29 is 0 Å². The molecule has 0 aliphatic rings. The largest absolute Gasteiger partial charge is 0.298 e. The van der Waals surface area contributed by atoms with Crippen LogP contribution in [0, 0.1) is 0 Å². The van der Waals surface area contributed by atoms with Crippen LogP contribution in [0.5, 0.6) is 0 Å². The van der Waals surface area contributed by atoms with Crippen molar-refractivity contribution in [2.45, 2.75) is 24.6 Å². The lowest BCUT2D eigenvalue weighted by atomic mass is 10.1. The second-order valence-electron chi connectivity index (χ2n) is 3.82. The van der Waals surface area contributed by atoms with Gasteiger partial charge in [0.15, 0.2) is 0 Å². The Morgan fingerprint density at radius 3 is 2.43 bits per heavy atom. The van der Waals surface area contributed by atoms with Gasteiger partial charge in [-0.15, -0.1) is 0 Å². The van der Waals surface area contributed by atoms with Crippen LogP contribution in [-0.2, 0) is 6.42 Å². The summed E-state index contributed by atoms with van der Waals surface area (Å²) in [5.41, 5.74) is 1.42. The highest BCUT2D eigenvalue weighted by molar-refractivity contribution is 7.80. The fourth-order valence-electron chi connectivity index (χ4n) is 1.39. The molecule has 0 aliphatic heterocycles. The quantitative estimate of drug-likeness (QED) is 0.576. The van der Waals surface area contributed by atoms with E-state index in [1.807, 2.05) is 0 Å². The molecule has 1 rings (SSSR count). The SMILES string of the molecule is CN(C)C(S)CCCc1ccccc1. The number of hydrogen-bond donors (Lipinski definition) is 1. The third-order valence-electron chi connectivity index (χ3n) is 2.37. The van der Waals surface area contributed by atoms with Gasteiger partial charge in [-0.3, -0.25) is 4.90 Å². The van der Waals surface area contributed by atoms with Crippen LogP contribution < -0.4 is 0 Å². The van der Waals surface area contributed by atoms with Crippen molar-refractivity contribution >= 4 is 12.6 Å². The molecule has 2 heteroatoms. The van der Waals surface area contributed by atoms with Crippen molar-refractivity contribution in [3.63, 3.8) is 0 Å². The molecule has 1 aromatic rings. The molecule has 0 saturated carbocycles. The van der Waals surface area contributed by atoms with E-state index in [0.29, 0.717) is 5.37 Å². The highest BCUT2D eigenvalue weighted by Crippen LogP contribution is 2.11. The topological polar surface area (TPSA) is 3.24 Å². The molecule has 0 aromatic heterocycles. The molecule has 0 spiro atoms. The maximum Gasteiger partial charge on any atom is 0.0522 e. The van der Waals surface area contributed by atoms with E-state index in [4.69, 9.17) is 0 Å². The molecule has 0 fully saturated rings. The summed E-state index contributed by atoms with van der Waals surface area (Å²) in [6.45, 7) is 0. The van der Waals surface area contributed by atoms with Gasteiger partial charge in [0.05, 0.1) is 5.37 Å². The normalized spacial score (nSPS) is 13.1. The van der Waals surface area contributed by atoms with E-state index in [9.17, 15) is 0 Å². The van der Waals surface area contributed by atoms with Crippen molar-refractivity contribution in [1.29, 1.82) is 0 Å². The summed E-state index contributed by atoms with van der Waals surface area (Å²) < 4.78 is 0. The third-order valence-corrected chi connectivity index (χ3v) is 3.09. The number of rotatable bonds is 5. The molecule has 1 nitrogen and oxygen atoms in total. The molecule has 0 heterocycles. The minimum Gasteiger partial charge on any atom is -0.298 e. The zero-order chi connectivity index (χ0) is 10.4. The van der Waals surface area contributed by atoms with Gasteiger partial charge < -0.3 is 0 Å². The van der Waals surface area contributed by atoms with Crippen molar-refractivity contribution in [2.75, 3.05) is 14.1 Å². The Morgan fingerprint density at radius 2 is 1.86 bits per heavy atom. The lowest BCUT2D eigenvalue weighted by molar-refractivity contribution is 0.364. The van der Waals surface area contributed by atoms with Crippen LogP contribution in [0.4, 0.5) is 0 Å². The minimum absolute atomic E-state index is 0.388. The Morgan fingerprint density at radius 1 is 1.21 bits per heavy atom. The fourth-order valence-corrected chi connectivity index (χ4v) is 1.57. The van der Waals surface area contributed by atoms with Gasteiger partial charge in [-0.25, -0.2) is 0 Å². The van der Waals surface area contributed by atoms with Crippen LogP contribution in [-0.4, -0.2) is 24.4 Å². The van der Waals surface area contributed by atoms with Gasteiger partial charge in [-0.1, -0.05) is 30.3 Å². The van der Waals surface area contributed by atoms with Gasteiger partial charge in [0.25, 0.3) is 0 Å². The smallest absolute Gasteiger partial charge is 0.0522 e. The third kappa shape index (κ3) is 4.16. The molecule has 0 N–H and O–H groups in total. The summed E-state index contributed by atoms with van der Waals surface area (Å²) in [5, 5.41) is 0.388. The highest BCUT2D eigenvalue weighted by atomic mass is 32.1. The van der Waals surface area contributed by atoms with Crippen LogP contribution >= 0.6 is 12.6 Å². The van der Waals surface area contributed by atoms with E-state index in [2.05, 4.69) is 62.0 Å². The van der Waals surface area contributed by atoms with Crippen molar-refractivity contribution in [3.05, 3.63) is 35.9 Å². The molecule has 78 valence electrons. The summed E-state index contributed by atoms with van der Waals surface area (Å²) >= 11 is 4.50. The average molecular weight is 209 g/mol. The summed E-state index contributed by atoms with van der Waals surface area (Å²) in [7, 11) is 4.14. The van der Waals surface area contributed by atoms with Gasteiger partial charge in [0.2, 0.25) is 0 Å². The Bertz CT molecular complexity index is 246. The van der Waals surface area contributed by atoms with E-state index in [1.165, 1.54) is 12.0 Å². The first-order valence-electron chi connectivity index (χ1n) is 5.08. The van der Waals surface area contributed by atoms with Crippen molar-refractivity contribution in [2.24, 2.45) is 0 Å². The molecule has 14 heavy (non-hydrogen) atoms. The fraction of sp³-hybridized carbons (Fsp3) is 0.500. The monoisotopic (exact) mass is 209 g/mol. The molecule has 1 unspecified atom stereocenters. The van der Waals surface area contributed by atoms with Crippen molar-refractivity contribution in [3.8, 4) is 0 Å². The van der Waals surface area contributed by atoms with Crippen LogP contribution in [0.1, 0.15) is 18.4 Å². The second kappa shape index (κ2) is 6.10. The predicted molar refractivity (Wildman–Crippen MR) is 65.8 cm³/mol. The van der Waals surface area contributed by atoms with Crippen LogP contribution in [0.3, 0.4) is 0 Å². The Hall–Kier alpha value is -0.470.